The van der Waals surface area contributed by atoms with Gasteiger partial charge >= 0.3 is 0 Å². The fourth-order valence-electron chi connectivity index (χ4n) is 3.31. The first-order valence-electron chi connectivity index (χ1n) is 8.89. The molecule has 0 radical (unpaired) electrons. The first kappa shape index (κ1) is 21.6. The van der Waals surface area contributed by atoms with Crippen molar-refractivity contribution >= 4 is 47.2 Å². The number of carbonyl (C=O) groups is 1. The number of nitrogens with zero attached hydrogens (tertiary/aromatic N) is 3. The summed E-state index contributed by atoms with van der Waals surface area (Å²) in [7, 11) is 1.79. The molecule has 1 aromatic heterocycles. The van der Waals surface area contributed by atoms with Gasteiger partial charge < -0.3 is 16.0 Å². The van der Waals surface area contributed by atoms with Crippen molar-refractivity contribution in [3.8, 4) is 10.6 Å². The fraction of sp³-hybridized carbons (Fsp3) is 0.421. The minimum absolute atomic E-state index is 0. The number of rotatable bonds is 5. The molecule has 1 aliphatic heterocycles. The molecule has 0 bridgehead atoms. The molecule has 1 unspecified atom stereocenters. The van der Waals surface area contributed by atoms with E-state index in [1.165, 1.54) is 0 Å². The summed E-state index contributed by atoms with van der Waals surface area (Å²) in [5, 5.41) is 6.50. The Kier molecular flexibility index (Phi) is 8.49. The first-order chi connectivity index (χ1) is 12.7. The van der Waals surface area contributed by atoms with E-state index in [2.05, 4.69) is 32.7 Å². The average molecular weight is 499 g/mol. The summed E-state index contributed by atoms with van der Waals surface area (Å²) < 4.78 is 0. The predicted octanol–water partition coefficient (Wildman–Crippen LogP) is 3.09. The van der Waals surface area contributed by atoms with Gasteiger partial charge in [0.05, 0.1) is 12.2 Å². The number of amides is 1. The normalized spacial score (nSPS) is 17.3. The Balaban J connectivity index is 0.00000261. The highest BCUT2D eigenvalue weighted by atomic mass is 127. The second-order valence-corrected chi connectivity index (χ2v) is 7.39. The van der Waals surface area contributed by atoms with E-state index >= 15 is 0 Å². The molecule has 8 heteroatoms. The van der Waals surface area contributed by atoms with Gasteiger partial charge in [-0.25, -0.2) is 4.98 Å². The van der Waals surface area contributed by atoms with Crippen LogP contribution in [0.2, 0.25) is 0 Å². The van der Waals surface area contributed by atoms with Gasteiger partial charge in [-0.05, 0) is 18.8 Å². The zero-order valence-corrected chi connectivity index (χ0v) is 18.6. The van der Waals surface area contributed by atoms with Gasteiger partial charge in [0.15, 0.2) is 5.96 Å². The molecule has 1 fully saturated rings. The van der Waals surface area contributed by atoms with Crippen molar-refractivity contribution in [3.63, 3.8) is 0 Å². The number of benzene rings is 1. The largest absolute Gasteiger partial charge is 0.370 e. The van der Waals surface area contributed by atoms with Crippen molar-refractivity contribution in [1.82, 2.24) is 15.2 Å². The molecule has 0 aliphatic carbocycles. The summed E-state index contributed by atoms with van der Waals surface area (Å²) in [5.41, 5.74) is 7.49. The van der Waals surface area contributed by atoms with Crippen molar-refractivity contribution in [2.24, 2.45) is 16.6 Å². The number of aliphatic imine (C=N–C) groups is 1. The van der Waals surface area contributed by atoms with Crippen LogP contribution in [-0.4, -0.2) is 41.9 Å². The minimum Gasteiger partial charge on any atom is -0.370 e. The van der Waals surface area contributed by atoms with Crippen LogP contribution in [-0.2, 0) is 11.3 Å². The Labute approximate surface area is 181 Å². The van der Waals surface area contributed by atoms with Gasteiger partial charge in [0.25, 0.3) is 0 Å². The number of likely N-dealkylation sites (tertiary alicyclic amines) is 1. The van der Waals surface area contributed by atoms with Crippen LogP contribution in [0.25, 0.3) is 10.6 Å². The molecule has 6 nitrogen and oxygen atoms in total. The number of aromatic nitrogens is 1. The molecule has 1 saturated heterocycles. The number of thiazole rings is 1. The van der Waals surface area contributed by atoms with E-state index < -0.39 is 0 Å². The number of piperidine rings is 1. The lowest BCUT2D eigenvalue weighted by molar-refractivity contribution is -0.119. The van der Waals surface area contributed by atoms with Crippen molar-refractivity contribution in [2.45, 2.75) is 25.8 Å². The molecule has 3 N–H and O–H groups in total. The Bertz CT molecular complexity index is 764. The number of nitrogens with two attached hydrogens (primary N) is 1. The first-order valence-corrected chi connectivity index (χ1v) is 9.77. The average Bonchev–Trinajstić information content (AvgIpc) is 3.12. The summed E-state index contributed by atoms with van der Waals surface area (Å²) in [5.74, 6) is 0.938. The fourth-order valence-corrected chi connectivity index (χ4v) is 4.14. The number of guanidine groups is 1. The SMILES string of the molecule is CN=C(NCc1csc(-c2ccccc2)n1)N1CCCC(CC(N)=O)C1.I. The second kappa shape index (κ2) is 10.6. The molecule has 2 heterocycles. The van der Waals surface area contributed by atoms with Crippen LogP contribution >= 0.6 is 35.3 Å². The quantitative estimate of drug-likeness (QED) is 0.376. The van der Waals surface area contributed by atoms with Crippen molar-refractivity contribution in [2.75, 3.05) is 20.1 Å². The van der Waals surface area contributed by atoms with Crippen LogP contribution in [0.5, 0.6) is 0 Å². The van der Waals surface area contributed by atoms with Gasteiger partial charge in [0.2, 0.25) is 5.91 Å². The maximum atomic E-state index is 11.2. The maximum absolute atomic E-state index is 11.2. The summed E-state index contributed by atoms with van der Waals surface area (Å²) in [4.78, 5) is 22.5. The van der Waals surface area contributed by atoms with Crippen LogP contribution in [0.3, 0.4) is 0 Å². The molecule has 0 spiro atoms. The maximum Gasteiger partial charge on any atom is 0.217 e. The molecular weight excluding hydrogens is 473 g/mol. The van der Waals surface area contributed by atoms with Crippen molar-refractivity contribution in [3.05, 3.63) is 41.4 Å². The standard InChI is InChI=1S/C19H25N5OS.HI/c1-21-19(24-9-5-6-14(12-24)10-17(20)25)22-11-16-13-26-18(23-16)15-7-3-2-4-8-15;/h2-4,7-8,13-14H,5-6,9-12H2,1H3,(H2,20,25)(H,21,22);1H. The molecular formula is C19H26IN5OS. The predicted molar refractivity (Wildman–Crippen MR) is 121 cm³/mol. The minimum atomic E-state index is -0.226. The van der Waals surface area contributed by atoms with E-state index in [4.69, 9.17) is 10.7 Å². The third kappa shape index (κ3) is 6.17. The van der Waals surface area contributed by atoms with E-state index in [9.17, 15) is 4.79 Å². The van der Waals surface area contributed by atoms with Gasteiger partial charge in [-0.15, -0.1) is 35.3 Å². The zero-order chi connectivity index (χ0) is 18.4. The topological polar surface area (TPSA) is 83.6 Å². The Morgan fingerprint density at radius 1 is 1.41 bits per heavy atom. The van der Waals surface area contributed by atoms with Crippen LogP contribution in [0, 0.1) is 5.92 Å². The highest BCUT2D eigenvalue weighted by molar-refractivity contribution is 14.0. The lowest BCUT2D eigenvalue weighted by atomic mass is 9.95. The van der Waals surface area contributed by atoms with E-state index in [0.29, 0.717) is 18.9 Å². The van der Waals surface area contributed by atoms with Gasteiger partial charge in [0.1, 0.15) is 5.01 Å². The van der Waals surface area contributed by atoms with Crippen molar-refractivity contribution < 1.29 is 4.79 Å². The van der Waals surface area contributed by atoms with E-state index in [1.54, 1.807) is 18.4 Å². The molecule has 3 rings (SSSR count). The van der Waals surface area contributed by atoms with E-state index in [0.717, 1.165) is 48.2 Å². The Hall–Kier alpha value is -1.68. The number of hydrogen-bond acceptors (Lipinski definition) is 4. The van der Waals surface area contributed by atoms with Gasteiger partial charge in [-0.2, -0.15) is 0 Å². The van der Waals surface area contributed by atoms with Gasteiger partial charge in [0, 0.05) is 37.5 Å². The summed E-state index contributed by atoms with van der Waals surface area (Å²) in [6.45, 7) is 2.39. The Morgan fingerprint density at radius 2 is 2.19 bits per heavy atom. The Morgan fingerprint density at radius 3 is 2.89 bits per heavy atom. The lowest BCUT2D eigenvalue weighted by Gasteiger charge is -2.34. The smallest absolute Gasteiger partial charge is 0.217 e. The molecule has 1 aromatic carbocycles. The van der Waals surface area contributed by atoms with Gasteiger partial charge in [-0.1, -0.05) is 30.3 Å². The highest BCUT2D eigenvalue weighted by Gasteiger charge is 2.23. The number of nitrogens with one attached hydrogen (secondary N) is 1. The molecule has 146 valence electrons. The summed E-state index contributed by atoms with van der Waals surface area (Å²) >= 11 is 1.65. The van der Waals surface area contributed by atoms with Crippen LogP contribution in [0.4, 0.5) is 0 Å². The molecule has 0 saturated carbocycles. The number of hydrogen-bond donors (Lipinski definition) is 2. The zero-order valence-electron chi connectivity index (χ0n) is 15.4. The molecule has 2 aromatic rings. The summed E-state index contributed by atoms with van der Waals surface area (Å²) in [6.07, 6.45) is 2.54. The molecule has 27 heavy (non-hydrogen) atoms. The van der Waals surface area contributed by atoms with Crippen LogP contribution < -0.4 is 11.1 Å². The summed E-state index contributed by atoms with van der Waals surface area (Å²) in [6, 6.07) is 10.2. The molecule has 1 aliphatic rings. The van der Waals surface area contributed by atoms with Crippen LogP contribution in [0.1, 0.15) is 25.0 Å². The third-order valence-electron chi connectivity index (χ3n) is 4.52. The third-order valence-corrected chi connectivity index (χ3v) is 5.46. The van der Waals surface area contributed by atoms with E-state index in [1.807, 2.05) is 18.2 Å². The number of carbonyl (C=O) groups excluding carboxylic acids is 1. The van der Waals surface area contributed by atoms with Crippen LogP contribution in [0.15, 0.2) is 40.7 Å². The number of halogens is 1. The monoisotopic (exact) mass is 499 g/mol. The molecule has 1 atom stereocenters. The lowest BCUT2D eigenvalue weighted by Crippen LogP contribution is -2.46. The molecule has 1 amide bonds. The van der Waals surface area contributed by atoms with Crippen molar-refractivity contribution in [1.29, 1.82) is 0 Å². The highest BCUT2D eigenvalue weighted by Crippen LogP contribution is 2.23. The second-order valence-electron chi connectivity index (χ2n) is 6.54. The van der Waals surface area contributed by atoms with E-state index in [-0.39, 0.29) is 29.9 Å². The number of primary amides is 1. The van der Waals surface area contributed by atoms with Gasteiger partial charge in [-0.3, -0.25) is 9.79 Å².